The zero-order valence-electron chi connectivity index (χ0n) is 15.1. The molecule has 150 valence electrons. The van der Waals surface area contributed by atoms with Gasteiger partial charge in [0.05, 0.1) is 12.2 Å². The summed E-state index contributed by atoms with van der Waals surface area (Å²) in [7, 11) is 0. The maximum atomic E-state index is 12.7. The van der Waals surface area contributed by atoms with Crippen molar-refractivity contribution in [2.24, 2.45) is 0 Å². The van der Waals surface area contributed by atoms with Gasteiger partial charge in [-0.25, -0.2) is 0 Å². The van der Waals surface area contributed by atoms with Crippen LogP contribution in [0.15, 0.2) is 60.2 Å². The SMILES string of the molecule is FC(F)OCC1=C(c2ccccc2)CN(Cc2ccc(C(F)(F)F)cc2)CC1. The van der Waals surface area contributed by atoms with Gasteiger partial charge in [0.1, 0.15) is 0 Å². The van der Waals surface area contributed by atoms with Crippen LogP contribution in [0, 0.1) is 0 Å². The van der Waals surface area contributed by atoms with E-state index in [9.17, 15) is 22.0 Å². The van der Waals surface area contributed by atoms with Crippen molar-refractivity contribution in [3.05, 3.63) is 76.9 Å². The van der Waals surface area contributed by atoms with E-state index in [0.29, 0.717) is 26.1 Å². The van der Waals surface area contributed by atoms with Crippen molar-refractivity contribution in [2.45, 2.75) is 25.8 Å². The lowest BCUT2D eigenvalue weighted by Gasteiger charge is -2.31. The maximum Gasteiger partial charge on any atom is 0.416 e. The first-order valence-electron chi connectivity index (χ1n) is 8.87. The maximum absolute atomic E-state index is 12.7. The average Bonchev–Trinajstić information content (AvgIpc) is 2.67. The summed E-state index contributed by atoms with van der Waals surface area (Å²) in [6.07, 6.45) is -3.79. The zero-order chi connectivity index (χ0) is 20.1. The van der Waals surface area contributed by atoms with E-state index in [1.807, 2.05) is 30.3 Å². The van der Waals surface area contributed by atoms with Crippen molar-refractivity contribution in [3.8, 4) is 0 Å². The second-order valence-corrected chi connectivity index (χ2v) is 6.68. The van der Waals surface area contributed by atoms with Crippen LogP contribution in [0.5, 0.6) is 0 Å². The molecule has 0 fully saturated rings. The molecule has 1 aliphatic rings. The van der Waals surface area contributed by atoms with Crippen molar-refractivity contribution >= 4 is 5.57 Å². The van der Waals surface area contributed by atoms with E-state index in [4.69, 9.17) is 0 Å². The third kappa shape index (κ3) is 5.39. The van der Waals surface area contributed by atoms with Crippen LogP contribution in [0.1, 0.15) is 23.1 Å². The van der Waals surface area contributed by atoms with E-state index in [2.05, 4.69) is 9.64 Å². The summed E-state index contributed by atoms with van der Waals surface area (Å²) in [4.78, 5) is 2.09. The van der Waals surface area contributed by atoms with Crippen LogP contribution in [-0.4, -0.2) is 31.2 Å². The smallest absolute Gasteiger partial charge is 0.318 e. The molecule has 0 N–H and O–H groups in total. The average molecular weight is 397 g/mol. The highest BCUT2D eigenvalue weighted by atomic mass is 19.4. The van der Waals surface area contributed by atoms with Crippen LogP contribution in [0.25, 0.3) is 5.57 Å². The molecule has 1 aliphatic heterocycles. The topological polar surface area (TPSA) is 12.5 Å². The Morgan fingerprint density at radius 1 is 0.964 bits per heavy atom. The highest BCUT2D eigenvalue weighted by molar-refractivity contribution is 5.71. The summed E-state index contributed by atoms with van der Waals surface area (Å²) >= 11 is 0. The summed E-state index contributed by atoms with van der Waals surface area (Å²) < 4.78 is 67.6. The lowest BCUT2D eigenvalue weighted by molar-refractivity contribution is -0.137. The first kappa shape index (κ1) is 20.5. The number of rotatable bonds is 6. The van der Waals surface area contributed by atoms with Gasteiger partial charge in [-0.1, -0.05) is 42.5 Å². The molecule has 0 spiro atoms. The summed E-state index contributed by atoms with van der Waals surface area (Å²) in [5, 5.41) is 0. The minimum Gasteiger partial charge on any atom is -0.318 e. The van der Waals surface area contributed by atoms with Crippen LogP contribution in [0.4, 0.5) is 22.0 Å². The van der Waals surface area contributed by atoms with Gasteiger partial charge in [-0.2, -0.15) is 22.0 Å². The molecule has 1 heterocycles. The molecule has 0 radical (unpaired) electrons. The first-order chi connectivity index (χ1) is 13.3. The monoisotopic (exact) mass is 397 g/mol. The van der Waals surface area contributed by atoms with Gasteiger partial charge in [-0.15, -0.1) is 0 Å². The van der Waals surface area contributed by atoms with Gasteiger partial charge < -0.3 is 4.74 Å². The van der Waals surface area contributed by atoms with Crippen molar-refractivity contribution in [3.63, 3.8) is 0 Å². The largest absolute Gasteiger partial charge is 0.416 e. The van der Waals surface area contributed by atoms with Crippen LogP contribution >= 0.6 is 0 Å². The summed E-state index contributed by atoms with van der Waals surface area (Å²) in [5.41, 5.74) is 2.79. The molecule has 3 rings (SSSR count). The van der Waals surface area contributed by atoms with Crippen molar-refractivity contribution < 1.29 is 26.7 Å². The van der Waals surface area contributed by atoms with E-state index in [1.54, 1.807) is 0 Å². The highest BCUT2D eigenvalue weighted by Crippen LogP contribution is 2.31. The Hall–Kier alpha value is -2.25. The van der Waals surface area contributed by atoms with Crippen LogP contribution in [0.2, 0.25) is 0 Å². The number of alkyl halides is 5. The number of hydrogen-bond acceptors (Lipinski definition) is 2. The molecule has 28 heavy (non-hydrogen) atoms. The van der Waals surface area contributed by atoms with E-state index in [-0.39, 0.29) is 6.61 Å². The van der Waals surface area contributed by atoms with E-state index < -0.39 is 18.4 Å². The Bertz CT molecular complexity index is 800. The predicted octanol–water partition coefficient (Wildman–Crippen LogP) is 5.60. The summed E-state index contributed by atoms with van der Waals surface area (Å²) in [5.74, 6) is 0. The molecule has 2 nitrogen and oxygen atoms in total. The minimum absolute atomic E-state index is 0.129. The van der Waals surface area contributed by atoms with Gasteiger partial charge in [0.25, 0.3) is 0 Å². The van der Waals surface area contributed by atoms with Crippen molar-refractivity contribution in [1.29, 1.82) is 0 Å². The van der Waals surface area contributed by atoms with Crippen LogP contribution < -0.4 is 0 Å². The Morgan fingerprint density at radius 3 is 2.25 bits per heavy atom. The second kappa shape index (κ2) is 8.84. The van der Waals surface area contributed by atoms with Gasteiger partial charge in [-0.3, -0.25) is 4.90 Å². The molecule has 0 saturated heterocycles. The Balaban J connectivity index is 1.75. The third-order valence-electron chi connectivity index (χ3n) is 4.73. The van der Waals surface area contributed by atoms with Crippen LogP contribution in [0.3, 0.4) is 0 Å². The molecule has 0 bridgehead atoms. The van der Waals surface area contributed by atoms with E-state index in [0.717, 1.165) is 34.4 Å². The highest BCUT2D eigenvalue weighted by Gasteiger charge is 2.30. The van der Waals surface area contributed by atoms with Gasteiger partial charge >= 0.3 is 12.8 Å². The first-order valence-corrected chi connectivity index (χ1v) is 8.87. The molecular formula is C21H20F5NO. The molecule has 0 aliphatic carbocycles. The molecule has 0 saturated carbocycles. The van der Waals surface area contributed by atoms with Gasteiger partial charge in [0.15, 0.2) is 0 Å². The molecule has 0 amide bonds. The number of benzene rings is 2. The third-order valence-corrected chi connectivity index (χ3v) is 4.73. The Morgan fingerprint density at radius 2 is 1.64 bits per heavy atom. The molecule has 2 aromatic rings. The van der Waals surface area contributed by atoms with Crippen molar-refractivity contribution in [2.75, 3.05) is 19.7 Å². The molecule has 7 heteroatoms. The molecule has 2 aromatic carbocycles. The molecule has 0 unspecified atom stereocenters. The lowest BCUT2D eigenvalue weighted by Crippen LogP contribution is -2.32. The fraction of sp³-hybridized carbons (Fsp3) is 0.333. The minimum atomic E-state index is -4.35. The zero-order valence-corrected chi connectivity index (χ0v) is 15.1. The second-order valence-electron chi connectivity index (χ2n) is 6.68. The fourth-order valence-corrected chi connectivity index (χ4v) is 3.31. The van der Waals surface area contributed by atoms with E-state index >= 15 is 0 Å². The van der Waals surface area contributed by atoms with Gasteiger partial charge in [-0.05, 0) is 40.8 Å². The molecule has 0 aromatic heterocycles. The number of halogens is 5. The van der Waals surface area contributed by atoms with Crippen LogP contribution in [-0.2, 0) is 17.5 Å². The van der Waals surface area contributed by atoms with Crippen molar-refractivity contribution in [1.82, 2.24) is 4.90 Å². The number of ether oxygens (including phenoxy) is 1. The summed E-state index contributed by atoms with van der Waals surface area (Å²) in [6.45, 7) is -1.32. The Labute approximate surface area is 160 Å². The van der Waals surface area contributed by atoms with Gasteiger partial charge in [0.2, 0.25) is 0 Å². The fourth-order valence-electron chi connectivity index (χ4n) is 3.31. The summed E-state index contributed by atoms with van der Waals surface area (Å²) in [6, 6.07) is 14.6. The van der Waals surface area contributed by atoms with Gasteiger partial charge in [0, 0.05) is 19.6 Å². The molecule has 0 atom stereocenters. The standard InChI is InChI=1S/C21H20F5NO/c22-20(23)28-14-17-10-11-27(13-19(17)16-4-2-1-3-5-16)12-15-6-8-18(9-7-15)21(24,25)26/h1-9,20H,10-14H2. The number of hydrogen-bond donors (Lipinski definition) is 0. The Kier molecular flexibility index (Phi) is 6.46. The molecular weight excluding hydrogens is 377 g/mol. The normalized spacial score (nSPS) is 16.1. The lowest BCUT2D eigenvalue weighted by atomic mass is 9.94. The quantitative estimate of drug-likeness (QED) is 0.588. The van der Waals surface area contributed by atoms with E-state index in [1.165, 1.54) is 12.1 Å². The predicted molar refractivity (Wildman–Crippen MR) is 96.7 cm³/mol. The number of nitrogens with zero attached hydrogens (tertiary/aromatic N) is 1.